The summed E-state index contributed by atoms with van der Waals surface area (Å²) in [5.41, 5.74) is 6.47. The van der Waals surface area contributed by atoms with Crippen molar-refractivity contribution < 1.29 is 9.53 Å². The number of anilines is 1. The lowest BCUT2D eigenvalue weighted by molar-refractivity contribution is -0.129. The van der Waals surface area contributed by atoms with E-state index >= 15 is 0 Å². The zero-order valence-electron chi connectivity index (χ0n) is 11.2. The zero-order chi connectivity index (χ0) is 14.8. The Labute approximate surface area is 128 Å². The topological polar surface area (TPSA) is 64.3 Å². The molecule has 0 spiro atoms. The molecule has 1 aromatic rings. The normalized spacial score (nSPS) is 16.3. The van der Waals surface area contributed by atoms with Crippen LogP contribution >= 0.6 is 23.8 Å². The van der Waals surface area contributed by atoms with Crippen LogP contribution in [0.25, 0.3) is 0 Å². The average molecular weight is 313 g/mol. The molecule has 0 heterocycles. The molecule has 0 bridgehead atoms. The zero-order valence-corrected chi connectivity index (χ0v) is 12.8. The highest BCUT2D eigenvalue weighted by Gasteiger charge is 2.39. The lowest BCUT2D eigenvalue weighted by atomic mass is 9.77. The number of benzene rings is 1. The van der Waals surface area contributed by atoms with Crippen LogP contribution in [0.15, 0.2) is 18.2 Å². The van der Waals surface area contributed by atoms with Crippen LogP contribution in [0, 0.1) is 0 Å². The van der Waals surface area contributed by atoms with Gasteiger partial charge in [0.15, 0.2) is 0 Å². The highest BCUT2D eigenvalue weighted by Crippen LogP contribution is 2.38. The lowest BCUT2D eigenvalue weighted by Gasteiger charge is -2.39. The van der Waals surface area contributed by atoms with Crippen LogP contribution in [-0.4, -0.2) is 23.6 Å². The highest BCUT2D eigenvalue weighted by molar-refractivity contribution is 7.80. The van der Waals surface area contributed by atoms with Crippen LogP contribution in [-0.2, 0) is 9.53 Å². The number of nitrogens with one attached hydrogen (secondary N) is 1. The molecule has 1 amide bonds. The van der Waals surface area contributed by atoms with Crippen LogP contribution in [0.4, 0.5) is 5.69 Å². The molecular formula is C14H17ClN2O2S. The third-order valence-electron chi connectivity index (χ3n) is 3.71. The molecule has 3 N–H and O–H groups in total. The van der Waals surface area contributed by atoms with Crippen molar-refractivity contribution in [2.24, 2.45) is 5.73 Å². The fraction of sp³-hybridized carbons (Fsp3) is 0.429. The number of carbonyl (C=O) groups excluding carboxylic acids is 1. The second-order valence-electron chi connectivity index (χ2n) is 5.02. The van der Waals surface area contributed by atoms with Crippen molar-refractivity contribution in [2.75, 3.05) is 12.4 Å². The van der Waals surface area contributed by atoms with Gasteiger partial charge in [-0.25, -0.2) is 0 Å². The van der Waals surface area contributed by atoms with Gasteiger partial charge in [-0.3, -0.25) is 4.79 Å². The number of methoxy groups -OCH3 is 1. The molecule has 1 aliphatic rings. The van der Waals surface area contributed by atoms with Gasteiger partial charge >= 0.3 is 0 Å². The Kier molecular flexibility index (Phi) is 4.62. The van der Waals surface area contributed by atoms with Crippen molar-refractivity contribution in [3.63, 3.8) is 0 Å². The van der Waals surface area contributed by atoms with Crippen LogP contribution < -0.4 is 11.1 Å². The quantitative estimate of drug-likeness (QED) is 0.821. The molecule has 0 saturated heterocycles. The third-order valence-corrected chi connectivity index (χ3v) is 4.26. The Morgan fingerprint density at radius 1 is 1.55 bits per heavy atom. The first-order valence-electron chi connectivity index (χ1n) is 6.40. The van der Waals surface area contributed by atoms with E-state index in [2.05, 4.69) is 5.32 Å². The minimum absolute atomic E-state index is 0.100. The maximum absolute atomic E-state index is 12.1. The minimum atomic E-state index is -0.296. The summed E-state index contributed by atoms with van der Waals surface area (Å²) < 4.78 is 5.44. The number of halogens is 1. The molecule has 20 heavy (non-hydrogen) atoms. The molecule has 0 aromatic heterocycles. The van der Waals surface area contributed by atoms with E-state index in [9.17, 15) is 4.79 Å². The van der Waals surface area contributed by atoms with Gasteiger partial charge in [-0.15, -0.1) is 0 Å². The average Bonchev–Trinajstić information content (AvgIpc) is 2.36. The summed E-state index contributed by atoms with van der Waals surface area (Å²) in [6, 6.07) is 5.09. The molecule has 1 aromatic carbocycles. The summed E-state index contributed by atoms with van der Waals surface area (Å²) in [5.74, 6) is -0.100. The predicted molar refractivity (Wildman–Crippen MR) is 84.2 cm³/mol. The monoisotopic (exact) mass is 312 g/mol. The first-order chi connectivity index (χ1) is 9.46. The van der Waals surface area contributed by atoms with E-state index in [0.29, 0.717) is 22.7 Å². The van der Waals surface area contributed by atoms with E-state index in [1.807, 2.05) is 0 Å². The van der Waals surface area contributed by atoms with E-state index in [4.69, 9.17) is 34.3 Å². The Balaban J connectivity index is 2.02. The number of thiocarbonyl (C=S) groups is 1. The van der Waals surface area contributed by atoms with Crippen LogP contribution in [0.5, 0.6) is 0 Å². The van der Waals surface area contributed by atoms with E-state index < -0.39 is 0 Å². The minimum Gasteiger partial charge on any atom is -0.389 e. The Morgan fingerprint density at radius 3 is 2.70 bits per heavy atom. The standard InChI is InChI=1S/C14H17ClN2O2S/c1-19-14(5-2-6-14)8-12(18)17-11-4-3-9(13(16)20)7-10(11)15/h3-4,7H,2,5-6,8H2,1H3,(H2,16,20)(H,17,18). The lowest BCUT2D eigenvalue weighted by Crippen LogP contribution is -2.42. The van der Waals surface area contributed by atoms with Gasteiger partial charge in [-0.05, 0) is 37.5 Å². The Morgan fingerprint density at radius 2 is 2.25 bits per heavy atom. The van der Waals surface area contributed by atoms with Crippen LogP contribution in [0.3, 0.4) is 0 Å². The van der Waals surface area contributed by atoms with E-state index in [-0.39, 0.29) is 16.5 Å². The maximum Gasteiger partial charge on any atom is 0.227 e. The van der Waals surface area contributed by atoms with Crippen LogP contribution in [0.1, 0.15) is 31.2 Å². The van der Waals surface area contributed by atoms with Gasteiger partial charge in [-0.2, -0.15) is 0 Å². The van der Waals surface area contributed by atoms with Crippen LogP contribution in [0.2, 0.25) is 5.02 Å². The van der Waals surface area contributed by atoms with Crippen molar-refractivity contribution in [1.82, 2.24) is 0 Å². The van der Waals surface area contributed by atoms with E-state index in [1.165, 1.54) is 0 Å². The molecule has 0 unspecified atom stereocenters. The fourth-order valence-corrected chi connectivity index (χ4v) is 2.64. The summed E-state index contributed by atoms with van der Waals surface area (Å²) in [6.45, 7) is 0. The van der Waals surface area contributed by atoms with Gasteiger partial charge in [0, 0.05) is 12.7 Å². The van der Waals surface area contributed by atoms with Gasteiger partial charge < -0.3 is 15.8 Å². The molecule has 4 nitrogen and oxygen atoms in total. The Bertz CT molecular complexity index is 538. The summed E-state index contributed by atoms with van der Waals surface area (Å²) in [6.07, 6.45) is 3.29. The molecule has 1 fully saturated rings. The number of nitrogens with two attached hydrogens (primary N) is 1. The van der Waals surface area contributed by atoms with Crippen molar-refractivity contribution in [3.05, 3.63) is 28.8 Å². The van der Waals surface area contributed by atoms with Crippen molar-refractivity contribution in [1.29, 1.82) is 0 Å². The Hall–Kier alpha value is -1.17. The summed E-state index contributed by atoms with van der Waals surface area (Å²) in [4.78, 5) is 12.3. The molecule has 108 valence electrons. The number of hydrogen-bond acceptors (Lipinski definition) is 3. The van der Waals surface area contributed by atoms with Crippen molar-refractivity contribution in [3.8, 4) is 0 Å². The maximum atomic E-state index is 12.1. The molecule has 2 rings (SSSR count). The molecule has 6 heteroatoms. The predicted octanol–water partition coefficient (Wildman–Crippen LogP) is 2.87. The second-order valence-corrected chi connectivity index (χ2v) is 5.87. The SMILES string of the molecule is COC1(CC(=O)Nc2ccc(C(N)=S)cc2Cl)CCC1. The van der Waals surface area contributed by atoms with Gasteiger partial charge in [0.1, 0.15) is 4.99 Å². The number of carbonyl (C=O) groups is 1. The first-order valence-corrected chi connectivity index (χ1v) is 7.19. The van der Waals surface area contributed by atoms with Crippen molar-refractivity contribution >= 4 is 40.4 Å². The van der Waals surface area contributed by atoms with Gasteiger partial charge in [0.25, 0.3) is 0 Å². The molecule has 0 atom stereocenters. The molecule has 1 saturated carbocycles. The molecule has 1 aliphatic carbocycles. The summed E-state index contributed by atoms with van der Waals surface area (Å²) in [5, 5.41) is 3.22. The van der Waals surface area contributed by atoms with E-state index in [1.54, 1.807) is 25.3 Å². The number of rotatable bonds is 5. The number of amides is 1. The molecule has 0 aliphatic heterocycles. The number of ether oxygens (including phenoxy) is 1. The first kappa shape index (κ1) is 15.2. The summed E-state index contributed by atoms with van der Waals surface area (Å²) >= 11 is 11.0. The smallest absolute Gasteiger partial charge is 0.227 e. The second kappa shape index (κ2) is 6.08. The molecule has 0 radical (unpaired) electrons. The van der Waals surface area contributed by atoms with Crippen molar-refractivity contribution in [2.45, 2.75) is 31.3 Å². The van der Waals surface area contributed by atoms with E-state index in [0.717, 1.165) is 19.3 Å². The van der Waals surface area contributed by atoms with Gasteiger partial charge in [0.2, 0.25) is 5.91 Å². The third kappa shape index (κ3) is 3.29. The van der Waals surface area contributed by atoms with Gasteiger partial charge in [-0.1, -0.05) is 23.8 Å². The van der Waals surface area contributed by atoms with Gasteiger partial charge in [0.05, 0.1) is 22.7 Å². The fourth-order valence-electron chi connectivity index (χ4n) is 2.28. The summed E-state index contributed by atoms with van der Waals surface area (Å²) in [7, 11) is 1.65. The largest absolute Gasteiger partial charge is 0.389 e. The molecular weight excluding hydrogens is 296 g/mol. The highest BCUT2D eigenvalue weighted by atomic mass is 35.5. The number of hydrogen-bond donors (Lipinski definition) is 2.